The number of nitrogens with one attached hydrogen (secondary N) is 1. The van der Waals surface area contributed by atoms with E-state index in [2.05, 4.69) is 10.3 Å². The van der Waals surface area contributed by atoms with Gasteiger partial charge in [0.05, 0.1) is 5.60 Å². The molecule has 0 aliphatic heterocycles. The highest BCUT2D eigenvalue weighted by molar-refractivity contribution is 7.98. The molecule has 0 aliphatic carbocycles. The van der Waals surface area contributed by atoms with Gasteiger partial charge in [-0.15, -0.1) is 0 Å². The molecule has 0 bridgehead atoms. The van der Waals surface area contributed by atoms with Gasteiger partial charge in [-0.1, -0.05) is 0 Å². The molecule has 1 heterocycles. The third kappa shape index (κ3) is 4.08. The van der Waals surface area contributed by atoms with Gasteiger partial charge in [-0.05, 0) is 13.2 Å². The summed E-state index contributed by atoms with van der Waals surface area (Å²) < 4.78 is 38.5. The predicted octanol–water partition coefficient (Wildman–Crippen LogP) is 2.02. The van der Waals surface area contributed by atoms with Crippen molar-refractivity contribution in [3.8, 4) is 0 Å². The zero-order chi connectivity index (χ0) is 13.1. The molecule has 96 valence electrons. The van der Waals surface area contributed by atoms with Crippen LogP contribution in [0, 0.1) is 17.6 Å². The number of thioether (sulfide) groups is 1. The summed E-state index contributed by atoms with van der Waals surface area (Å²) in [6.45, 7) is 1.54. The summed E-state index contributed by atoms with van der Waals surface area (Å²) in [5.41, 5.74) is -1.08. The minimum absolute atomic E-state index is 0.0111. The Morgan fingerprint density at radius 1 is 1.41 bits per heavy atom. The topological polar surface area (TPSA) is 45.1 Å². The molecule has 1 atom stereocenters. The van der Waals surface area contributed by atoms with Crippen LogP contribution in [0.15, 0.2) is 6.07 Å². The van der Waals surface area contributed by atoms with Gasteiger partial charge < -0.3 is 10.4 Å². The summed E-state index contributed by atoms with van der Waals surface area (Å²) in [5, 5.41) is 12.2. The van der Waals surface area contributed by atoms with E-state index >= 15 is 0 Å². The van der Waals surface area contributed by atoms with Gasteiger partial charge in [0.25, 0.3) is 5.95 Å². The molecule has 3 nitrogen and oxygen atoms in total. The van der Waals surface area contributed by atoms with E-state index in [9.17, 15) is 18.3 Å². The Hall–Kier alpha value is -0.950. The van der Waals surface area contributed by atoms with E-state index in [0.29, 0.717) is 11.8 Å². The van der Waals surface area contributed by atoms with E-state index in [1.807, 2.05) is 6.26 Å². The number of pyridine rings is 1. The molecule has 0 aliphatic rings. The van der Waals surface area contributed by atoms with Crippen LogP contribution in [-0.2, 0) is 0 Å². The summed E-state index contributed by atoms with van der Waals surface area (Å²) >= 11 is 1.42. The van der Waals surface area contributed by atoms with E-state index in [1.165, 1.54) is 11.8 Å². The van der Waals surface area contributed by atoms with Gasteiger partial charge in [0.2, 0.25) is 0 Å². The molecule has 1 aromatic heterocycles. The second kappa shape index (κ2) is 5.59. The van der Waals surface area contributed by atoms with Crippen molar-refractivity contribution in [1.82, 2.24) is 4.98 Å². The quantitative estimate of drug-likeness (QED) is 0.800. The first kappa shape index (κ1) is 14.1. The summed E-state index contributed by atoms with van der Waals surface area (Å²) in [4.78, 5) is 3.09. The minimum atomic E-state index is -1.38. The van der Waals surface area contributed by atoms with Crippen molar-refractivity contribution in [2.75, 3.05) is 23.9 Å². The molecule has 2 N–H and O–H groups in total. The fraction of sp³-hybridized carbons (Fsp3) is 0.500. The third-order valence-corrected chi connectivity index (χ3v) is 2.89. The van der Waals surface area contributed by atoms with E-state index in [0.717, 1.165) is 0 Å². The molecular weight excluding hydrogens is 253 g/mol. The molecule has 0 fully saturated rings. The van der Waals surface area contributed by atoms with Crippen LogP contribution in [0.4, 0.5) is 19.0 Å². The largest absolute Gasteiger partial charge is 0.387 e. The number of aromatic nitrogens is 1. The number of nitrogens with zero attached hydrogens (tertiary/aromatic N) is 1. The number of hydrogen-bond donors (Lipinski definition) is 2. The Morgan fingerprint density at radius 2 is 2.06 bits per heavy atom. The molecular formula is C10H13F3N2OS. The highest BCUT2D eigenvalue weighted by Gasteiger charge is 2.21. The molecule has 0 spiro atoms. The first-order valence-corrected chi connectivity index (χ1v) is 6.22. The highest BCUT2D eigenvalue weighted by atomic mass is 32.2. The molecule has 17 heavy (non-hydrogen) atoms. The Labute approximate surface area is 101 Å². The molecule has 0 amide bonds. The van der Waals surface area contributed by atoms with Crippen LogP contribution in [0.3, 0.4) is 0 Å². The van der Waals surface area contributed by atoms with Crippen LogP contribution < -0.4 is 5.32 Å². The Balaban J connectivity index is 2.73. The lowest BCUT2D eigenvalue weighted by molar-refractivity contribution is 0.0995. The average molecular weight is 266 g/mol. The Morgan fingerprint density at radius 3 is 2.65 bits per heavy atom. The van der Waals surface area contributed by atoms with Crippen LogP contribution in [0.5, 0.6) is 0 Å². The van der Waals surface area contributed by atoms with E-state index in [1.54, 1.807) is 6.92 Å². The van der Waals surface area contributed by atoms with Crippen LogP contribution in [0.2, 0.25) is 0 Å². The van der Waals surface area contributed by atoms with Gasteiger partial charge in [0.1, 0.15) is 0 Å². The minimum Gasteiger partial charge on any atom is -0.387 e. The second-order valence-corrected chi connectivity index (χ2v) is 4.74. The van der Waals surface area contributed by atoms with E-state index in [-0.39, 0.29) is 6.54 Å². The number of halogens is 3. The van der Waals surface area contributed by atoms with Gasteiger partial charge in [0, 0.05) is 18.4 Å². The van der Waals surface area contributed by atoms with Gasteiger partial charge in [0.15, 0.2) is 17.5 Å². The summed E-state index contributed by atoms with van der Waals surface area (Å²) in [5.74, 6) is -3.71. The first-order chi connectivity index (χ1) is 7.85. The van der Waals surface area contributed by atoms with Crippen molar-refractivity contribution in [2.24, 2.45) is 0 Å². The van der Waals surface area contributed by atoms with Crippen molar-refractivity contribution in [3.63, 3.8) is 0 Å². The van der Waals surface area contributed by atoms with E-state index in [4.69, 9.17) is 0 Å². The van der Waals surface area contributed by atoms with Crippen molar-refractivity contribution in [1.29, 1.82) is 0 Å². The van der Waals surface area contributed by atoms with Crippen molar-refractivity contribution in [3.05, 3.63) is 23.6 Å². The van der Waals surface area contributed by atoms with Crippen molar-refractivity contribution >= 4 is 17.6 Å². The zero-order valence-electron chi connectivity index (χ0n) is 9.43. The second-order valence-electron chi connectivity index (χ2n) is 3.87. The lowest BCUT2D eigenvalue weighted by Gasteiger charge is -2.22. The van der Waals surface area contributed by atoms with Crippen LogP contribution in [-0.4, -0.2) is 34.2 Å². The molecule has 0 radical (unpaired) electrons. The summed E-state index contributed by atoms with van der Waals surface area (Å²) in [7, 11) is 0. The van der Waals surface area contributed by atoms with Crippen LogP contribution in [0.25, 0.3) is 0 Å². The lowest BCUT2D eigenvalue weighted by Crippen LogP contribution is -2.36. The fourth-order valence-electron chi connectivity index (χ4n) is 1.20. The van der Waals surface area contributed by atoms with Crippen molar-refractivity contribution < 1.29 is 18.3 Å². The number of rotatable bonds is 5. The first-order valence-electron chi connectivity index (χ1n) is 4.82. The molecule has 0 saturated heterocycles. The molecule has 0 aromatic carbocycles. The standard InChI is InChI=1S/C10H13F3N2OS/c1-10(16,5-17-2)4-14-9-7(12)3-6(11)8(13)15-9/h3,16H,4-5H2,1-2H3,(H,14,15). The average Bonchev–Trinajstić information content (AvgIpc) is 2.21. The van der Waals surface area contributed by atoms with Crippen LogP contribution in [0.1, 0.15) is 6.92 Å². The molecule has 1 aromatic rings. The molecule has 0 saturated carbocycles. The Kier molecular flexibility index (Phi) is 4.64. The van der Waals surface area contributed by atoms with Gasteiger partial charge in [-0.25, -0.2) is 8.78 Å². The monoisotopic (exact) mass is 266 g/mol. The van der Waals surface area contributed by atoms with Crippen molar-refractivity contribution in [2.45, 2.75) is 12.5 Å². The molecule has 1 unspecified atom stereocenters. The maximum atomic E-state index is 13.2. The van der Waals surface area contributed by atoms with Gasteiger partial charge in [-0.2, -0.15) is 21.1 Å². The maximum Gasteiger partial charge on any atom is 0.251 e. The number of anilines is 1. The summed E-state index contributed by atoms with van der Waals surface area (Å²) in [6, 6.07) is 0.411. The fourth-order valence-corrected chi connectivity index (χ4v) is 1.93. The number of hydrogen-bond acceptors (Lipinski definition) is 4. The van der Waals surface area contributed by atoms with E-state index < -0.39 is 29.0 Å². The zero-order valence-corrected chi connectivity index (χ0v) is 10.2. The normalized spacial score (nSPS) is 14.5. The Bertz CT molecular complexity index is 401. The SMILES string of the molecule is CSCC(C)(O)CNc1nc(F)c(F)cc1F. The van der Waals surface area contributed by atoms with Gasteiger partial charge >= 0.3 is 0 Å². The third-order valence-electron chi connectivity index (χ3n) is 1.98. The lowest BCUT2D eigenvalue weighted by atomic mass is 10.1. The maximum absolute atomic E-state index is 13.2. The van der Waals surface area contributed by atoms with Crippen LogP contribution >= 0.6 is 11.8 Å². The van der Waals surface area contributed by atoms with Gasteiger partial charge in [-0.3, -0.25) is 0 Å². The number of aliphatic hydroxyl groups is 1. The highest BCUT2D eigenvalue weighted by Crippen LogP contribution is 2.16. The smallest absolute Gasteiger partial charge is 0.251 e. The molecule has 7 heteroatoms. The summed E-state index contributed by atoms with van der Waals surface area (Å²) in [6.07, 6.45) is 1.81. The molecule has 1 rings (SSSR count). The predicted molar refractivity (Wildman–Crippen MR) is 61.6 cm³/mol.